The number of hydrogen-bond acceptors (Lipinski definition) is 3. The molecule has 0 aliphatic carbocycles. The number of anilines is 1. The zero-order valence-electron chi connectivity index (χ0n) is 16.5. The van der Waals surface area contributed by atoms with Crippen molar-refractivity contribution in [2.75, 3.05) is 38.1 Å². The molecule has 0 saturated carbocycles. The van der Waals surface area contributed by atoms with Gasteiger partial charge < -0.3 is 19.9 Å². The number of nitrogens with zero attached hydrogens (tertiary/aromatic N) is 2. The Balaban J connectivity index is 1.29. The van der Waals surface area contributed by atoms with Gasteiger partial charge in [0.1, 0.15) is 6.10 Å². The van der Waals surface area contributed by atoms with Crippen LogP contribution in [-0.2, 0) is 9.53 Å². The second kappa shape index (κ2) is 9.09. The molecule has 1 atom stereocenters. The Morgan fingerprint density at radius 3 is 2.21 bits per heavy atom. The van der Waals surface area contributed by atoms with Gasteiger partial charge in [0.15, 0.2) is 0 Å². The summed E-state index contributed by atoms with van der Waals surface area (Å²) in [7, 11) is 0. The van der Waals surface area contributed by atoms with E-state index in [1.165, 1.54) is 0 Å². The van der Waals surface area contributed by atoms with E-state index in [1.54, 1.807) is 4.90 Å². The summed E-state index contributed by atoms with van der Waals surface area (Å²) in [5.74, 6) is 0.169. The molecule has 0 radical (unpaired) electrons. The average Bonchev–Trinajstić information content (AvgIpc) is 2.80. The summed E-state index contributed by atoms with van der Waals surface area (Å²) in [5, 5.41) is 2.92. The van der Waals surface area contributed by atoms with Crippen molar-refractivity contribution in [1.82, 2.24) is 9.80 Å². The van der Waals surface area contributed by atoms with Crippen molar-refractivity contribution >= 4 is 17.6 Å². The van der Waals surface area contributed by atoms with E-state index in [0.29, 0.717) is 45.6 Å². The van der Waals surface area contributed by atoms with E-state index in [0.717, 1.165) is 11.3 Å². The van der Waals surface area contributed by atoms with Gasteiger partial charge in [-0.3, -0.25) is 4.79 Å². The lowest BCUT2D eigenvalue weighted by molar-refractivity contribution is -0.144. The Bertz CT molecular complexity index is 820. The standard InChI is InChI=1S/C23H27N3O3/c27-22(26-15-16-29-21(17-26)18-7-3-1-4-8-18)19-11-13-25(14-12-19)23(28)24-20-9-5-2-6-10-20/h1-10,19,21H,11-17H2,(H,24,28). The van der Waals surface area contributed by atoms with Crippen molar-refractivity contribution < 1.29 is 14.3 Å². The third-order valence-corrected chi connectivity index (χ3v) is 5.71. The molecular formula is C23H27N3O3. The number of nitrogens with one attached hydrogen (secondary N) is 1. The Hall–Kier alpha value is -2.86. The molecule has 1 N–H and O–H groups in total. The Morgan fingerprint density at radius 1 is 0.862 bits per heavy atom. The second-order valence-corrected chi connectivity index (χ2v) is 7.61. The number of benzene rings is 2. The van der Waals surface area contributed by atoms with E-state index in [4.69, 9.17) is 4.74 Å². The second-order valence-electron chi connectivity index (χ2n) is 7.61. The minimum Gasteiger partial charge on any atom is -0.370 e. The van der Waals surface area contributed by atoms with Crippen LogP contribution < -0.4 is 5.32 Å². The largest absolute Gasteiger partial charge is 0.370 e. The van der Waals surface area contributed by atoms with E-state index in [2.05, 4.69) is 5.32 Å². The Morgan fingerprint density at radius 2 is 1.52 bits per heavy atom. The lowest BCUT2D eigenvalue weighted by Crippen LogP contribution is -2.48. The number of morpholine rings is 1. The van der Waals surface area contributed by atoms with Crippen molar-refractivity contribution in [2.24, 2.45) is 5.92 Å². The minimum absolute atomic E-state index is 0.0229. The van der Waals surface area contributed by atoms with Crippen LogP contribution in [0.25, 0.3) is 0 Å². The average molecular weight is 393 g/mol. The van der Waals surface area contributed by atoms with Crippen LogP contribution in [0.3, 0.4) is 0 Å². The van der Waals surface area contributed by atoms with Crippen molar-refractivity contribution in [1.29, 1.82) is 0 Å². The van der Waals surface area contributed by atoms with Gasteiger partial charge in [0.05, 0.1) is 13.2 Å². The molecule has 2 heterocycles. The van der Waals surface area contributed by atoms with Gasteiger partial charge in [0.2, 0.25) is 5.91 Å². The van der Waals surface area contributed by atoms with E-state index in [9.17, 15) is 9.59 Å². The number of amides is 3. The lowest BCUT2D eigenvalue weighted by Gasteiger charge is -2.38. The summed E-state index contributed by atoms with van der Waals surface area (Å²) in [6.45, 7) is 2.99. The lowest BCUT2D eigenvalue weighted by atomic mass is 9.94. The molecule has 4 rings (SSSR count). The fourth-order valence-electron chi connectivity index (χ4n) is 4.03. The van der Waals surface area contributed by atoms with E-state index < -0.39 is 0 Å². The summed E-state index contributed by atoms with van der Waals surface area (Å²) in [6.07, 6.45) is 1.34. The minimum atomic E-state index is -0.0994. The molecule has 3 amide bonds. The summed E-state index contributed by atoms with van der Waals surface area (Å²) < 4.78 is 5.88. The molecule has 0 bridgehead atoms. The van der Waals surface area contributed by atoms with Crippen LogP contribution in [0.15, 0.2) is 60.7 Å². The van der Waals surface area contributed by atoms with Crippen LogP contribution in [0.4, 0.5) is 10.5 Å². The maximum absolute atomic E-state index is 13.0. The number of para-hydroxylation sites is 1. The van der Waals surface area contributed by atoms with Gasteiger partial charge in [-0.05, 0) is 30.5 Å². The third-order valence-electron chi connectivity index (χ3n) is 5.71. The summed E-state index contributed by atoms with van der Waals surface area (Å²) in [6, 6.07) is 19.4. The van der Waals surface area contributed by atoms with Gasteiger partial charge in [0, 0.05) is 31.2 Å². The van der Waals surface area contributed by atoms with Crippen LogP contribution in [0, 0.1) is 5.92 Å². The topological polar surface area (TPSA) is 61.9 Å². The molecule has 29 heavy (non-hydrogen) atoms. The van der Waals surface area contributed by atoms with Gasteiger partial charge in [-0.2, -0.15) is 0 Å². The van der Waals surface area contributed by atoms with E-state index >= 15 is 0 Å². The molecule has 152 valence electrons. The van der Waals surface area contributed by atoms with Gasteiger partial charge in [-0.25, -0.2) is 4.79 Å². The highest BCUT2D eigenvalue weighted by atomic mass is 16.5. The molecular weight excluding hydrogens is 366 g/mol. The molecule has 2 aliphatic rings. The molecule has 0 aromatic heterocycles. The number of ether oxygens (including phenoxy) is 1. The predicted molar refractivity (Wildman–Crippen MR) is 111 cm³/mol. The quantitative estimate of drug-likeness (QED) is 0.868. The molecule has 1 unspecified atom stereocenters. The first-order chi connectivity index (χ1) is 14.2. The Labute approximate surface area is 171 Å². The monoisotopic (exact) mass is 393 g/mol. The first-order valence-corrected chi connectivity index (χ1v) is 10.3. The first-order valence-electron chi connectivity index (χ1n) is 10.3. The van der Waals surface area contributed by atoms with Crippen LogP contribution in [0.1, 0.15) is 24.5 Å². The maximum atomic E-state index is 13.0. The fourth-order valence-corrected chi connectivity index (χ4v) is 4.03. The van der Waals surface area contributed by atoms with Crippen molar-refractivity contribution in [2.45, 2.75) is 18.9 Å². The highest BCUT2D eigenvalue weighted by Gasteiger charge is 2.33. The van der Waals surface area contributed by atoms with E-state index in [-0.39, 0.29) is 24.0 Å². The highest BCUT2D eigenvalue weighted by molar-refractivity contribution is 5.89. The van der Waals surface area contributed by atoms with Crippen molar-refractivity contribution in [3.05, 3.63) is 66.2 Å². The van der Waals surface area contributed by atoms with Gasteiger partial charge >= 0.3 is 6.03 Å². The Kier molecular flexibility index (Phi) is 6.10. The van der Waals surface area contributed by atoms with Gasteiger partial charge in [-0.1, -0.05) is 48.5 Å². The number of carbonyl (C=O) groups is 2. The molecule has 2 aliphatic heterocycles. The number of hydrogen-bond donors (Lipinski definition) is 1. The first kappa shape index (κ1) is 19.5. The maximum Gasteiger partial charge on any atom is 0.321 e. The summed E-state index contributed by atoms with van der Waals surface area (Å²) >= 11 is 0. The summed E-state index contributed by atoms with van der Waals surface area (Å²) in [4.78, 5) is 29.2. The molecule has 2 fully saturated rings. The molecule has 0 spiro atoms. The van der Waals surface area contributed by atoms with E-state index in [1.807, 2.05) is 65.6 Å². The molecule has 2 aromatic rings. The van der Waals surface area contributed by atoms with Crippen molar-refractivity contribution in [3.63, 3.8) is 0 Å². The molecule has 2 aromatic carbocycles. The normalized spacial score (nSPS) is 20.3. The van der Waals surface area contributed by atoms with Crippen LogP contribution in [-0.4, -0.2) is 54.5 Å². The SMILES string of the molecule is O=C(Nc1ccccc1)N1CCC(C(=O)N2CCOC(c3ccccc3)C2)CC1. The predicted octanol–water partition coefficient (Wildman–Crippen LogP) is 3.53. The number of likely N-dealkylation sites (tertiary alicyclic amines) is 1. The fraction of sp³-hybridized carbons (Fsp3) is 0.391. The third kappa shape index (κ3) is 4.77. The number of piperidine rings is 1. The number of carbonyl (C=O) groups excluding carboxylic acids is 2. The molecule has 6 heteroatoms. The summed E-state index contributed by atoms with van der Waals surface area (Å²) in [5.41, 5.74) is 1.90. The van der Waals surface area contributed by atoms with Crippen LogP contribution >= 0.6 is 0 Å². The molecule has 2 saturated heterocycles. The van der Waals surface area contributed by atoms with Crippen LogP contribution in [0.5, 0.6) is 0 Å². The highest BCUT2D eigenvalue weighted by Crippen LogP contribution is 2.26. The zero-order valence-corrected chi connectivity index (χ0v) is 16.5. The number of urea groups is 1. The smallest absolute Gasteiger partial charge is 0.321 e. The van der Waals surface area contributed by atoms with Gasteiger partial charge in [0.25, 0.3) is 0 Å². The van der Waals surface area contributed by atoms with Gasteiger partial charge in [-0.15, -0.1) is 0 Å². The zero-order chi connectivity index (χ0) is 20.1. The number of rotatable bonds is 3. The molecule has 6 nitrogen and oxygen atoms in total. The van der Waals surface area contributed by atoms with Crippen molar-refractivity contribution in [3.8, 4) is 0 Å². The van der Waals surface area contributed by atoms with Crippen LogP contribution in [0.2, 0.25) is 0 Å².